The Morgan fingerprint density at radius 3 is 1.98 bits per heavy atom. The lowest BCUT2D eigenvalue weighted by molar-refractivity contribution is 0.514. The first-order valence-corrected chi connectivity index (χ1v) is 16.6. The number of hydrogen-bond donors (Lipinski definition) is 0. The van der Waals surface area contributed by atoms with Gasteiger partial charge in [0, 0.05) is 0 Å². The highest BCUT2D eigenvalue weighted by molar-refractivity contribution is 6.09. The molecule has 0 aromatic heterocycles. The van der Waals surface area contributed by atoms with E-state index < -0.39 is 0 Å². The van der Waals surface area contributed by atoms with Crippen LogP contribution in [0.1, 0.15) is 65.5 Å². The fourth-order valence-electron chi connectivity index (χ4n) is 8.27. The van der Waals surface area contributed by atoms with Crippen molar-refractivity contribution >= 4 is 5.71 Å². The molecule has 4 aliphatic rings. The van der Waals surface area contributed by atoms with Crippen molar-refractivity contribution < 1.29 is 0 Å². The Morgan fingerprint density at radius 2 is 1.31 bits per heavy atom. The Hall–Kier alpha value is -4.75. The molecule has 3 aliphatic carbocycles. The molecule has 1 unspecified atom stereocenters. The molecule has 0 radical (unpaired) electrons. The number of hydrogen-bond acceptors (Lipinski definition) is 1. The zero-order valence-corrected chi connectivity index (χ0v) is 25.8. The summed E-state index contributed by atoms with van der Waals surface area (Å²) in [5, 5.41) is 0. The molecule has 0 saturated heterocycles. The molecule has 1 heterocycles. The van der Waals surface area contributed by atoms with Crippen LogP contribution in [-0.2, 0) is 11.8 Å². The largest absolute Gasteiger partial charge is 0.281 e. The van der Waals surface area contributed by atoms with Crippen LogP contribution in [0.2, 0.25) is 0 Å². The number of aliphatic imine (C=N–C) groups is 1. The lowest BCUT2D eigenvalue weighted by Crippen LogP contribution is -2.37. The van der Waals surface area contributed by atoms with Crippen molar-refractivity contribution in [3.05, 3.63) is 201 Å². The van der Waals surface area contributed by atoms with Gasteiger partial charge in [0.1, 0.15) is 0 Å². The van der Waals surface area contributed by atoms with E-state index >= 15 is 0 Å². The van der Waals surface area contributed by atoms with Gasteiger partial charge in [0.2, 0.25) is 0 Å². The van der Waals surface area contributed by atoms with Crippen molar-refractivity contribution in [1.29, 1.82) is 0 Å². The van der Waals surface area contributed by atoms with E-state index in [0.29, 0.717) is 5.92 Å². The molecule has 4 aromatic carbocycles. The quantitative estimate of drug-likeness (QED) is 0.222. The summed E-state index contributed by atoms with van der Waals surface area (Å²) in [4.78, 5) is 4.84. The van der Waals surface area contributed by atoms with Crippen LogP contribution in [0, 0.1) is 5.92 Å². The average molecular weight is 582 g/mol. The predicted molar refractivity (Wildman–Crippen MR) is 188 cm³/mol. The van der Waals surface area contributed by atoms with Crippen LogP contribution in [-0.4, -0.2) is 12.3 Å². The van der Waals surface area contributed by atoms with E-state index in [1.165, 1.54) is 56.5 Å². The van der Waals surface area contributed by atoms with E-state index in [9.17, 15) is 0 Å². The molecular formula is C44H39N. The Bertz CT molecular complexity index is 1870. The van der Waals surface area contributed by atoms with Gasteiger partial charge in [-0.05, 0) is 95.0 Å². The fraction of sp³-hybridized carbons (Fsp3) is 0.205. The molecule has 0 spiro atoms. The van der Waals surface area contributed by atoms with Gasteiger partial charge in [-0.25, -0.2) is 0 Å². The number of allylic oxidation sites excluding steroid dienone is 9. The summed E-state index contributed by atoms with van der Waals surface area (Å²) in [6, 6.07) is 40.1. The number of fused-ring (bicyclic) bond motifs is 2. The Morgan fingerprint density at radius 1 is 0.622 bits per heavy atom. The van der Waals surface area contributed by atoms with Gasteiger partial charge in [-0.2, -0.15) is 0 Å². The normalized spacial score (nSPS) is 20.4. The van der Waals surface area contributed by atoms with E-state index in [2.05, 4.69) is 146 Å². The first kappa shape index (κ1) is 27.8. The summed E-state index contributed by atoms with van der Waals surface area (Å²) in [5.74, 6) is 0.622. The molecule has 0 saturated carbocycles. The summed E-state index contributed by atoms with van der Waals surface area (Å²) in [5.41, 5.74) is 15.2. The Kier molecular flexibility index (Phi) is 7.39. The molecule has 0 N–H and O–H groups in total. The molecule has 220 valence electrons. The van der Waals surface area contributed by atoms with Crippen LogP contribution in [0.15, 0.2) is 173 Å². The van der Waals surface area contributed by atoms with Crippen LogP contribution >= 0.6 is 0 Å². The number of nitrogens with zero attached hydrogens (tertiary/aromatic N) is 1. The van der Waals surface area contributed by atoms with Crippen molar-refractivity contribution in [2.75, 3.05) is 6.54 Å². The van der Waals surface area contributed by atoms with Crippen LogP contribution in [0.5, 0.6) is 0 Å². The standard InChI is InChI=1S/C44H39N/c1-3-11-36(12-4-1)43-28-25-35(29-30-45-43)33-21-19-32(20-22-33)34-23-26-40(27-24-34)44(39-15-5-2-6-16-39)41-17-9-7-13-37(41)31-38-14-8-10-18-42(38)44/h1-18,21,23,25-26,28-29,32H,19-20,22,24,27,30-31H2. The summed E-state index contributed by atoms with van der Waals surface area (Å²) in [7, 11) is 0. The average Bonchev–Trinajstić information content (AvgIpc) is 3.38. The first-order chi connectivity index (χ1) is 22.3. The van der Waals surface area contributed by atoms with E-state index in [4.69, 9.17) is 4.99 Å². The van der Waals surface area contributed by atoms with Gasteiger partial charge >= 0.3 is 0 Å². The highest BCUT2D eigenvalue weighted by Gasteiger charge is 2.45. The van der Waals surface area contributed by atoms with Gasteiger partial charge in [-0.15, -0.1) is 0 Å². The van der Waals surface area contributed by atoms with Crippen LogP contribution in [0.3, 0.4) is 0 Å². The minimum atomic E-state index is -0.257. The van der Waals surface area contributed by atoms with Crippen molar-refractivity contribution in [3.8, 4) is 0 Å². The van der Waals surface area contributed by atoms with Crippen LogP contribution in [0.4, 0.5) is 0 Å². The van der Waals surface area contributed by atoms with Gasteiger partial charge in [-0.1, -0.05) is 151 Å². The molecule has 4 aromatic rings. The highest BCUT2D eigenvalue weighted by atomic mass is 14.7. The molecule has 1 aliphatic heterocycles. The molecule has 1 nitrogen and oxygen atoms in total. The van der Waals surface area contributed by atoms with Gasteiger partial charge < -0.3 is 0 Å². The van der Waals surface area contributed by atoms with Crippen LogP contribution in [0.25, 0.3) is 0 Å². The van der Waals surface area contributed by atoms with Crippen molar-refractivity contribution in [3.63, 3.8) is 0 Å². The van der Waals surface area contributed by atoms with Crippen molar-refractivity contribution in [2.24, 2.45) is 10.9 Å². The second kappa shape index (κ2) is 12.0. The zero-order chi connectivity index (χ0) is 30.1. The molecule has 0 fully saturated rings. The third kappa shape index (κ3) is 5.01. The maximum absolute atomic E-state index is 4.84. The summed E-state index contributed by atoms with van der Waals surface area (Å²) < 4.78 is 0. The third-order valence-corrected chi connectivity index (χ3v) is 10.5. The smallest absolute Gasteiger partial charge is 0.0670 e. The minimum Gasteiger partial charge on any atom is -0.281 e. The van der Waals surface area contributed by atoms with Gasteiger partial charge in [0.05, 0.1) is 17.7 Å². The maximum atomic E-state index is 4.84. The van der Waals surface area contributed by atoms with Gasteiger partial charge in [0.15, 0.2) is 0 Å². The van der Waals surface area contributed by atoms with Gasteiger partial charge in [-0.3, -0.25) is 4.99 Å². The minimum absolute atomic E-state index is 0.257. The van der Waals surface area contributed by atoms with E-state index in [0.717, 1.165) is 44.4 Å². The third-order valence-electron chi connectivity index (χ3n) is 10.5. The summed E-state index contributed by atoms with van der Waals surface area (Å²) >= 11 is 0. The molecule has 0 amide bonds. The summed E-state index contributed by atoms with van der Waals surface area (Å²) in [6.45, 7) is 0.738. The number of rotatable bonds is 5. The van der Waals surface area contributed by atoms with E-state index in [-0.39, 0.29) is 5.41 Å². The SMILES string of the molecule is C1=CC(c2ccccc2)=NCC=C1C1=CCC(C2=CC=C(C3(c4ccccc4)c4ccccc4Cc4ccccc43)CC2)CC1. The molecule has 45 heavy (non-hydrogen) atoms. The predicted octanol–water partition coefficient (Wildman–Crippen LogP) is 10.3. The van der Waals surface area contributed by atoms with E-state index in [1.807, 2.05) is 0 Å². The monoisotopic (exact) mass is 581 g/mol. The van der Waals surface area contributed by atoms with Crippen LogP contribution < -0.4 is 0 Å². The lowest BCUT2D eigenvalue weighted by atomic mass is 9.58. The molecule has 8 rings (SSSR count). The highest BCUT2D eigenvalue weighted by Crippen LogP contribution is 2.53. The lowest BCUT2D eigenvalue weighted by Gasteiger charge is -2.44. The van der Waals surface area contributed by atoms with Gasteiger partial charge in [0.25, 0.3) is 0 Å². The maximum Gasteiger partial charge on any atom is 0.0670 e. The second-order valence-corrected chi connectivity index (χ2v) is 12.8. The summed E-state index contributed by atoms with van der Waals surface area (Å²) in [6.07, 6.45) is 21.0. The zero-order valence-electron chi connectivity index (χ0n) is 25.8. The van der Waals surface area contributed by atoms with E-state index in [1.54, 1.807) is 5.57 Å². The Balaban J connectivity index is 1.09. The Labute approximate surface area is 267 Å². The molecular weight excluding hydrogens is 542 g/mol. The molecule has 0 bridgehead atoms. The second-order valence-electron chi connectivity index (χ2n) is 12.8. The van der Waals surface area contributed by atoms with Crippen molar-refractivity contribution in [1.82, 2.24) is 0 Å². The number of benzene rings is 4. The first-order valence-electron chi connectivity index (χ1n) is 16.6. The topological polar surface area (TPSA) is 12.4 Å². The molecule has 1 atom stereocenters. The molecule has 1 heteroatoms. The fourth-order valence-corrected chi connectivity index (χ4v) is 8.27. The van der Waals surface area contributed by atoms with Crippen molar-refractivity contribution in [2.45, 2.75) is 43.9 Å².